The molecule has 0 unspecified atom stereocenters. The van der Waals surface area contributed by atoms with Gasteiger partial charge in [-0.15, -0.1) is 0 Å². The summed E-state index contributed by atoms with van der Waals surface area (Å²) in [5.41, 5.74) is -0.330. The van der Waals surface area contributed by atoms with E-state index in [1.54, 1.807) is 26.0 Å². The van der Waals surface area contributed by atoms with Crippen molar-refractivity contribution in [2.45, 2.75) is 69.1 Å². The van der Waals surface area contributed by atoms with Gasteiger partial charge in [-0.05, 0) is 31.5 Å². The van der Waals surface area contributed by atoms with Crippen molar-refractivity contribution in [3.63, 3.8) is 0 Å². The van der Waals surface area contributed by atoms with Crippen LogP contribution in [0.5, 0.6) is 5.75 Å². The molecule has 3 heterocycles. The summed E-state index contributed by atoms with van der Waals surface area (Å²) in [6.07, 6.45) is -8.61. The van der Waals surface area contributed by atoms with Crippen molar-refractivity contribution in [1.29, 1.82) is 0 Å². The summed E-state index contributed by atoms with van der Waals surface area (Å²) >= 11 is 0. The first kappa shape index (κ1) is 25.1. The summed E-state index contributed by atoms with van der Waals surface area (Å²) in [6, 6.07) is 6.44. The fraction of sp³-hybridized carbons (Fsp3) is 0.522. The average molecular weight is 494 g/mol. The van der Waals surface area contributed by atoms with E-state index in [1.807, 2.05) is 6.07 Å². The van der Waals surface area contributed by atoms with Crippen molar-refractivity contribution < 1.29 is 53.4 Å². The van der Waals surface area contributed by atoms with Crippen LogP contribution < -0.4 is 10.4 Å². The standard InChI is InChI=1S/C23H26O12/c1-23(2,15-6-11-5-10-3-4-17(26)33-12(10)7-13(11)32-15)35-22-21(30)20(29)19(28)14(34-22)9-31-18(27)8-16(24)25/h3-5,7,14-15,19-22,28-30H,6,8-9H2,1-2H3,(H,24,25)/t14-,15-,19-,20+,21-,22+/m1/s1. The first-order chi connectivity index (χ1) is 16.4. The first-order valence-corrected chi connectivity index (χ1v) is 10.9. The zero-order chi connectivity index (χ0) is 25.5. The second-order valence-corrected chi connectivity index (χ2v) is 9.05. The van der Waals surface area contributed by atoms with Gasteiger partial charge in [-0.2, -0.15) is 0 Å². The van der Waals surface area contributed by atoms with Crippen LogP contribution in [0.1, 0.15) is 25.8 Å². The van der Waals surface area contributed by atoms with E-state index in [4.69, 9.17) is 28.5 Å². The molecule has 0 aliphatic carbocycles. The van der Waals surface area contributed by atoms with Crippen LogP contribution in [0.4, 0.5) is 0 Å². The molecule has 0 amide bonds. The zero-order valence-corrected chi connectivity index (χ0v) is 18.9. The molecule has 0 spiro atoms. The third-order valence-electron chi connectivity index (χ3n) is 6.04. The van der Waals surface area contributed by atoms with Gasteiger partial charge in [0.25, 0.3) is 0 Å². The van der Waals surface area contributed by atoms with Crippen LogP contribution in [0.2, 0.25) is 0 Å². The smallest absolute Gasteiger partial charge is 0.336 e. The van der Waals surface area contributed by atoms with E-state index in [2.05, 4.69) is 0 Å². The minimum atomic E-state index is -1.68. The third-order valence-corrected chi connectivity index (χ3v) is 6.04. The van der Waals surface area contributed by atoms with Gasteiger partial charge in [0.1, 0.15) is 60.5 Å². The number of rotatable bonds is 7. The van der Waals surface area contributed by atoms with Crippen LogP contribution in [0.3, 0.4) is 0 Å². The third kappa shape index (κ3) is 5.31. The van der Waals surface area contributed by atoms with Crippen LogP contribution in [-0.4, -0.2) is 81.4 Å². The minimum absolute atomic E-state index is 0.374. The number of ether oxygens (including phenoxy) is 4. The predicted molar refractivity (Wildman–Crippen MR) is 116 cm³/mol. The van der Waals surface area contributed by atoms with Gasteiger partial charge in [-0.3, -0.25) is 9.59 Å². The summed E-state index contributed by atoms with van der Waals surface area (Å²) in [6.45, 7) is 2.83. The van der Waals surface area contributed by atoms with E-state index in [1.165, 1.54) is 6.07 Å². The van der Waals surface area contributed by atoms with Crippen LogP contribution in [-0.2, 0) is 30.2 Å². The quantitative estimate of drug-likeness (QED) is 0.225. The summed E-state index contributed by atoms with van der Waals surface area (Å²) in [5.74, 6) is -1.92. The second kappa shape index (κ2) is 9.55. The highest BCUT2D eigenvalue weighted by Gasteiger charge is 2.48. The monoisotopic (exact) mass is 494 g/mol. The summed E-state index contributed by atoms with van der Waals surface area (Å²) in [5, 5.41) is 40.3. The zero-order valence-electron chi connectivity index (χ0n) is 18.9. The highest BCUT2D eigenvalue weighted by atomic mass is 16.7. The van der Waals surface area contributed by atoms with E-state index in [0.29, 0.717) is 17.8 Å². The number of aliphatic carboxylic acids is 1. The Labute approximate surface area is 198 Å². The largest absolute Gasteiger partial charge is 0.487 e. The lowest BCUT2D eigenvalue weighted by Gasteiger charge is -2.43. The van der Waals surface area contributed by atoms with Gasteiger partial charge in [0, 0.05) is 23.9 Å². The van der Waals surface area contributed by atoms with Gasteiger partial charge in [-0.25, -0.2) is 4.79 Å². The molecule has 0 bridgehead atoms. The average Bonchev–Trinajstić information content (AvgIpc) is 3.20. The van der Waals surface area contributed by atoms with Gasteiger partial charge in [-0.1, -0.05) is 0 Å². The van der Waals surface area contributed by atoms with E-state index in [-0.39, 0.29) is 0 Å². The fourth-order valence-electron chi connectivity index (χ4n) is 4.07. The number of benzene rings is 1. The first-order valence-electron chi connectivity index (χ1n) is 10.9. The Morgan fingerprint density at radius 2 is 1.86 bits per heavy atom. The molecule has 190 valence electrons. The number of hydrogen-bond acceptors (Lipinski definition) is 11. The molecule has 0 radical (unpaired) electrons. The molecule has 2 aliphatic heterocycles. The van der Waals surface area contributed by atoms with Gasteiger partial charge >= 0.3 is 17.6 Å². The molecule has 4 rings (SSSR count). The van der Waals surface area contributed by atoms with Crippen LogP contribution in [0.25, 0.3) is 11.0 Å². The number of carboxylic acids is 1. The molecular weight excluding hydrogens is 468 g/mol. The fourth-order valence-corrected chi connectivity index (χ4v) is 4.07. The number of carbonyl (C=O) groups excluding carboxylic acids is 1. The molecule has 6 atom stereocenters. The van der Waals surface area contributed by atoms with Gasteiger partial charge in [0.15, 0.2) is 6.29 Å². The normalized spacial score (nSPS) is 28.4. The van der Waals surface area contributed by atoms with Crippen LogP contribution in [0, 0.1) is 0 Å². The summed E-state index contributed by atoms with van der Waals surface area (Å²) in [4.78, 5) is 33.6. The highest BCUT2D eigenvalue weighted by molar-refractivity contribution is 5.90. The Morgan fingerprint density at radius 1 is 1.11 bits per heavy atom. The number of aliphatic hydroxyl groups excluding tert-OH is 3. The Kier molecular flexibility index (Phi) is 6.84. The molecule has 2 aromatic rings. The maximum Gasteiger partial charge on any atom is 0.336 e. The van der Waals surface area contributed by atoms with Crippen LogP contribution >= 0.6 is 0 Å². The van der Waals surface area contributed by atoms with Crippen LogP contribution in [0.15, 0.2) is 33.5 Å². The Bertz CT molecular complexity index is 1170. The summed E-state index contributed by atoms with van der Waals surface area (Å²) in [7, 11) is 0. The number of carboxylic acid groups (broad SMARTS) is 1. The number of carbonyl (C=O) groups is 2. The molecule has 12 nitrogen and oxygen atoms in total. The van der Waals surface area contributed by atoms with Gasteiger partial charge in [0.05, 0.1) is 0 Å². The number of esters is 1. The molecule has 4 N–H and O–H groups in total. The molecule has 0 saturated carbocycles. The van der Waals surface area contributed by atoms with Crippen molar-refractivity contribution in [3.8, 4) is 5.75 Å². The Hall–Kier alpha value is -3.03. The number of aliphatic hydroxyl groups is 3. The second-order valence-electron chi connectivity index (χ2n) is 9.05. The Morgan fingerprint density at radius 3 is 2.57 bits per heavy atom. The number of fused-ring (bicyclic) bond motifs is 2. The maximum absolute atomic E-state index is 11.5. The summed E-state index contributed by atoms with van der Waals surface area (Å²) < 4.78 is 27.6. The molecule has 1 saturated heterocycles. The van der Waals surface area contributed by atoms with E-state index in [9.17, 15) is 29.7 Å². The lowest BCUT2D eigenvalue weighted by molar-refractivity contribution is -0.329. The van der Waals surface area contributed by atoms with E-state index < -0.39 is 73.0 Å². The molecule has 12 heteroatoms. The van der Waals surface area contributed by atoms with Gasteiger partial charge < -0.3 is 43.8 Å². The van der Waals surface area contributed by atoms with Crippen molar-refractivity contribution >= 4 is 22.9 Å². The van der Waals surface area contributed by atoms with E-state index in [0.717, 1.165) is 10.9 Å². The van der Waals surface area contributed by atoms with Gasteiger partial charge in [0.2, 0.25) is 0 Å². The van der Waals surface area contributed by atoms with Crippen molar-refractivity contribution in [2.75, 3.05) is 6.61 Å². The highest BCUT2D eigenvalue weighted by Crippen LogP contribution is 2.38. The minimum Gasteiger partial charge on any atom is -0.487 e. The van der Waals surface area contributed by atoms with E-state index >= 15 is 0 Å². The Balaban J connectivity index is 1.45. The number of hydrogen-bond donors (Lipinski definition) is 4. The molecule has 1 aromatic heterocycles. The molecule has 1 fully saturated rings. The maximum atomic E-state index is 11.5. The van der Waals surface area contributed by atoms with Crippen molar-refractivity contribution in [2.24, 2.45) is 0 Å². The lowest BCUT2D eigenvalue weighted by atomic mass is 9.95. The van der Waals surface area contributed by atoms with Crippen molar-refractivity contribution in [1.82, 2.24) is 0 Å². The molecule has 35 heavy (non-hydrogen) atoms. The topological polar surface area (TPSA) is 182 Å². The molecular formula is C23H26O12. The van der Waals surface area contributed by atoms with Crippen molar-refractivity contribution in [3.05, 3.63) is 40.2 Å². The predicted octanol–water partition coefficient (Wildman–Crippen LogP) is -0.283. The molecule has 2 aliphatic rings. The lowest BCUT2D eigenvalue weighted by Crippen LogP contribution is -2.61. The SMILES string of the molecule is CC(C)(O[C@@H]1O[C@H](COC(=O)CC(=O)O)[C@@H](O)[C@H](O)[C@H]1O)[C@H]1Cc2cc3ccc(=O)oc3cc2O1. The molecule has 1 aromatic carbocycles.